The second kappa shape index (κ2) is 9.66. The Balaban J connectivity index is 1.87. The molecule has 0 amide bonds. The average Bonchev–Trinajstić information content (AvgIpc) is 2.80. The van der Waals surface area contributed by atoms with Crippen LogP contribution in [0.1, 0.15) is 25.5 Å². The van der Waals surface area contributed by atoms with Crippen LogP contribution in [0.2, 0.25) is 0 Å². The van der Waals surface area contributed by atoms with E-state index in [1.807, 2.05) is 19.1 Å². The van der Waals surface area contributed by atoms with Gasteiger partial charge >= 0.3 is 0 Å². The summed E-state index contributed by atoms with van der Waals surface area (Å²) in [5, 5.41) is 0. The maximum absolute atomic E-state index is 13.3. The van der Waals surface area contributed by atoms with Gasteiger partial charge in [0.25, 0.3) is 0 Å². The fourth-order valence-electron chi connectivity index (χ4n) is 3.57. The number of morpholine rings is 1. The summed E-state index contributed by atoms with van der Waals surface area (Å²) >= 11 is 0. The minimum absolute atomic E-state index is 0.0463. The van der Waals surface area contributed by atoms with Crippen LogP contribution in [0.5, 0.6) is 5.75 Å². The summed E-state index contributed by atoms with van der Waals surface area (Å²) in [5.41, 5.74) is 0.802. The Morgan fingerprint density at radius 1 is 1.03 bits per heavy atom. The summed E-state index contributed by atoms with van der Waals surface area (Å²) in [7, 11) is -5.97. The molecule has 0 aromatic heterocycles. The van der Waals surface area contributed by atoms with Crippen molar-refractivity contribution in [2.45, 2.75) is 29.7 Å². The van der Waals surface area contributed by atoms with Gasteiger partial charge in [0.2, 0.25) is 20.0 Å². The summed E-state index contributed by atoms with van der Waals surface area (Å²) in [6.07, 6.45) is 0. The Hall–Kier alpha value is -1.98. The highest BCUT2D eigenvalue weighted by atomic mass is 32.2. The van der Waals surface area contributed by atoms with E-state index in [1.165, 1.54) is 32.9 Å². The molecule has 0 saturated carbocycles. The molecule has 1 aliphatic rings. The van der Waals surface area contributed by atoms with Crippen molar-refractivity contribution >= 4 is 20.0 Å². The molecule has 1 aliphatic heterocycles. The Morgan fingerprint density at radius 3 is 2.23 bits per heavy atom. The smallest absolute Gasteiger partial charge is 0.243 e. The molecule has 8 nitrogen and oxygen atoms in total. The first kappa shape index (κ1) is 23.7. The van der Waals surface area contributed by atoms with Crippen LogP contribution < -0.4 is 4.74 Å². The summed E-state index contributed by atoms with van der Waals surface area (Å²) in [4.78, 5) is 0.113. The van der Waals surface area contributed by atoms with Crippen molar-refractivity contribution in [1.29, 1.82) is 0 Å². The van der Waals surface area contributed by atoms with Crippen LogP contribution in [0.3, 0.4) is 0 Å². The van der Waals surface area contributed by atoms with Gasteiger partial charge in [0.1, 0.15) is 5.75 Å². The lowest BCUT2D eigenvalue weighted by molar-refractivity contribution is 0.0730. The van der Waals surface area contributed by atoms with Gasteiger partial charge in [-0.05, 0) is 48.9 Å². The molecule has 170 valence electrons. The SMILES string of the molecule is CCN(C(C)c1cccc(OC)c1)S(=O)(=O)c1ccc(S(=O)(=O)N2CCOCC2)cc1. The van der Waals surface area contributed by atoms with Gasteiger partial charge in [-0.2, -0.15) is 8.61 Å². The third kappa shape index (κ3) is 4.93. The molecule has 1 unspecified atom stereocenters. The van der Waals surface area contributed by atoms with E-state index in [2.05, 4.69) is 0 Å². The number of benzene rings is 2. The maximum atomic E-state index is 13.3. The van der Waals surface area contributed by atoms with E-state index in [9.17, 15) is 16.8 Å². The van der Waals surface area contributed by atoms with E-state index >= 15 is 0 Å². The average molecular weight is 469 g/mol. The van der Waals surface area contributed by atoms with Gasteiger partial charge in [0, 0.05) is 25.7 Å². The van der Waals surface area contributed by atoms with Crippen LogP contribution in [0.4, 0.5) is 0 Å². The maximum Gasteiger partial charge on any atom is 0.243 e. The molecule has 2 aromatic carbocycles. The molecule has 1 fully saturated rings. The van der Waals surface area contributed by atoms with E-state index < -0.39 is 26.1 Å². The van der Waals surface area contributed by atoms with E-state index in [0.29, 0.717) is 19.0 Å². The van der Waals surface area contributed by atoms with Crippen LogP contribution in [-0.2, 0) is 24.8 Å². The lowest BCUT2D eigenvalue weighted by atomic mass is 10.1. The molecular formula is C21H28N2O6S2. The Bertz CT molecular complexity index is 1090. The van der Waals surface area contributed by atoms with E-state index in [0.717, 1.165) is 5.56 Å². The van der Waals surface area contributed by atoms with E-state index in [-0.39, 0.29) is 29.4 Å². The van der Waals surface area contributed by atoms with Crippen LogP contribution in [-0.4, -0.2) is 65.4 Å². The van der Waals surface area contributed by atoms with E-state index in [4.69, 9.17) is 9.47 Å². The standard InChI is InChI=1S/C21H28N2O6S2/c1-4-23(17(2)18-6-5-7-19(16-18)28-3)31(26,27)21-10-8-20(9-11-21)30(24,25)22-12-14-29-15-13-22/h5-11,16-17H,4,12-15H2,1-3H3. The molecule has 31 heavy (non-hydrogen) atoms. The third-order valence-corrected chi connectivity index (χ3v) is 9.33. The number of methoxy groups -OCH3 is 1. The van der Waals surface area contributed by atoms with Crippen LogP contribution in [0, 0.1) is 0 Å². The highest BCUT2D eigenvalue weighted by molar-refractivity contribution is 7.89. The van der Waals surface area contributed by atoms with Crippen molar-refractivity contribution < 1.29 is 26.3 Å². The molecule has 1 atom stereocenters. The zero-order valence-corrected chi connectivity index (χ0v) is 19.5. The van der Waals surface area contributed by atoms with Crippen molar-refractivity contribution in [1.82, 2.24) is 8.61 Å². The zero-order chi connectivity index (χ0) is 22.6. The Kier molecular flexibility index (Phi) is 7.38. The molecule has 1 saturated heterocycles. The molecule has 0 spiro atoms. The molecule has 3 rings (SSSR count). The van der Waals surface area contributed by atoms with Gasteiger partial charge in [-0.25, -0.2) is 16.8 Å². The zero-order valence-electron chi connectivity index (χ0n) is 17.9. The number of hydrogen-bond donors (Lipinski definition) is 0. The fourth-order valence-corrected chi connectivity index (χ4v) is 6.61. The molecule has 2 aromatic rings. The van der Waals surface area contributed by atoms with Crippen LogP contribution in [0.25, 0.3) is 0 Å². The number of nitrogens with zero attached hydrogens (tertiary/aromatic N) is 2. The first-order valence-electron chi connectivity index (χ1n) is 10.1. The quantitative estimate of drug-likeness (QED) is 0.591. The summed E-state index contributed by atoms with van der Waals surface area (Å²) in [5.74, 6) is 0.649. The monoisotopic (exact) mass is 468 g/mol. The largest absolute Gasteiger partial charge is 0.497 e. The number of sulfonamides is 2. The van der Waals surface area contributed by atoms with Crippen molar-refractivity contribution in [3.63, 3.8) is 0 Å². The highest BCUT2D eigenvalue weighted by Crippen LogP contribution is 2.30. The molecule has 0 bridgehead atoms. The Labute approximate surface area is 184 Å². The van der Waals surface area contributed by atoms with Crippen molar-refractivity contribution in [3.8, 4) is 5.75 Å². The van der Waals surface area contributed by atoms with Crippen molar-refractivity contribution in [2.24, 2.45) is 0 Å². The fraction of sp³-hybridized carbons (Fsp3) is 0.429. The Morgan fingerprint density at radius 2 is 1.65 bits per heavy atom. The van der Waals surface area contributed by atoms with Gasteiger partial charge in [-0.3, -0.25) is 0 Å². The minimum atomic E-state index is -3.84. The topological polar surface area (TPSA) is 93.2 Å². The van der Waals surface area contributed by atoms with Crippen LogP contribution in [0.15, 0.2) is 58.3 Å². The normalized spacial score (nSPS) is 16.9. The first-order valence-corrected chi connectivity index (χ1v) is 12.9. The number of rotatable bonds is 8. The van der Waals surface area contributed by atoms with Gasteiger partial charge in [-0.1, -0.05) is 19.1 Å². The highest BCUT2D eigenvalue weighted by Gasteiger charge is 2.30. The number of ether oxygens (including phenoxy) is 2. The summed E-state index contributed by atoms with van der Waals surface area (Å²) in [6.45, 7) is 5.10. The second-order valence-electron chi connectivity index (χ2n) is 7.15. The van der Waals surface area contributed by atoms with Gasteiger partial charge in [0.05, 0.1) is 30.1 Å². The van der Waals surface area contributed by atoms with Gasteiger partial charge < -0.3 is 9.47 Å². The predicted octanol–water partition coefficient (Wildman–Crippen LogP) is 2.49. The molecule has 0 aliphatic carbocycles. The minimum Gasteiger partial charge on any atom is -0.497 e. The lowest BCUT2D eigenvalue weighted by Crippen LogP contribution is -2.40. The summed E-state index contributed by atoms with van der Waals surface area (Å²) < 4.78 is 65.4. The van der Waals surface area contributed by atoms with Crippen molar-refractivity contribution in [3.05, 3.63) is 54.1 Å². The van der Waals surface area contributed by atoms with E-state index in [1.54, 1.807) is 26.2 Å². The molecule has 0 N–H and O–H groups in total. The molecule has 10 heteroatoms. The number of hydrogen-bond acceptors (Lipinski definition) is 6. The predicted molar refractivity (Wildman–Crippen MR) is 117 cm³/mol. The first-order chi connectivity index (χ1) is 14.7. The molecular weight excluding hydrogens is 440 g/mol. The summed E-state index contributed by atoms with van der Waals surface area (Å²) in [6, 6.07) is 12.2. The molecule has 0 radical (unpaired) electrons. The lowest BCUT2D eigenvalue weighted by Gasteiger charge is -2.28. The van der Waals surface area contributed by atoms with Gasteiger partial charge in [0.15, 0.2) is 0 Å². The third-order valence-electron chi connectivity index (χ3n) is 5.36. The van der Waals surface area contributed by atoms with Gasteiger partial charge in [-0.15, -0.1) is 0 Å². The molecule has 1 heterocycles. The second-order valence-corrected chi connectivity index (χ2v) is 11.0. The van der Waals surface area contributed by atoms with Crippen molar-refractivity contribution in [2.75, 3.05) is 40.0 Å². The van der Waals surface area contributed by atoms with Crippen LogP contribution >= 0.6 is 0 Å².